The Balaban J connectivity index is 3.48. The Morgan fingerprint density at radius 1 is 1.78 bits per heavy atom. The second kappa shape index (κ2) is 4.00. The van der Waals surface area contributed by atoms with E-state index in [4.69, 9.17) is 4.89 Å². The summed E-state index contributed by atoms with van der Waals surface area (Å²) >= 11 is 0. The highest BCUT2D eigenvalue weighted by molar-refractivity contribution is 7.32. The predicted octanol–water partition coefficient (Wildman–Crippen LogP) is -0.348. The first-order valence-corrected chi connectivity index (χ1v) is 3.05. The zero-order chi connectivity index (χ0) is 7.28. The van der Waals surface area contributed by atoms with E-state index in [2.05, 4.69) is 10.3 Å². The maximum Gasteiger partial charge on any atom is 0.746 e. The number of amides is 1. The zero-order valence-corrected chi connectivity index (χ0v) is 5.25. The quantitative estimate of drug-likeness (QED) is 0.327. The third kappa shape index (κ3) is 7.07. The number of hydrogen-bond donors (Lipinski definition) is 2. The number of nitrogens with two attached hydrogens (primary N) is 1. The molecule has 1 unspecified atom stereocenters. The first-order valence-electron chi connectivity index (χ1n) is 1.92. The number of rotatable bonds is 3. The van der Waals surface area contributed by atoms with Crippen molar-refractivity contribution >= 4 is 14.2 Å². The van der Waals surface area contributed by atoms with Crippen LogP contribution in [0.4, 0.5) is 0 Å². The molecule has 0 bridgehead atoms. The molecule has 0 rings (SSSR count). The SMILES string of the molecule is NC(=O)C=CO[P+](=O)O. The van der Waals surface area contributed by atoms with E-state index in [0.717, 1.165) is 12.3 Å². The average Bonchev–Trinajstić information content (AvgIpc) is 1.63. The molecule has 0 fully saturated rings. The van der Waals surface area contributed by atoms with Crippen molar-refractivity contribution in [1.29, 1.82) is 0 Å². The smallest absolute Gasteiger partial charge is 0.366 e. The minimum Gasteiger partial charge on any atom is -0.366 e. The molecule has 9 heavy (non-hydrogen) atoms. The number of carbonyl (C=O) groups is 1. The molecule has 0 aliphatic carbocycles. The van der Waals surface area contributed by atoms with Crippen LogP contribution in [0.1, 0.15) is 0 Å². The van der Waals surface area contributed by atoms with Crippen LogP contribution in [0, 0.1) is 0 Å². The van der Waals surface area contributed by atoms with Crippen LogP contribution < -0.4 is 5.73 Å². The largest absolute Gasteiger partial charge is 0.746 e. The molecule has 5 nitrogen and oxygen atoms in total. The third-order valence-corrected chi connectivity index (χ3v) is 0.685. The maximum atomic E-state index is 9.86. The third-order valence-electron chi connectivity index (χ3n) is 0.383. The Hall–Kier alpha value is -0.930. The lowest BCUT2D eigenvalue weighted by Gasteiger charge is -1.73. The fourth-order valence-electron chi connectivity index (χ4n) is 0.150. The summed E-state index contributed by atoms with van der Waals surface area (Å²) in [5, 5.41) is 0. The summed E-state index contributed by atoms with van der Waals surface area (Å²) < 4.78 is 13.6. The van der Waals surface area contributed by atoms with Crippen LogP contribution in [0.3, 0.4) is 0 Å². The van der Waals surface area contributed by atoms with Crippen LogP contribution in [0.5, 0.6) is 0 Å². The minimum atomic E-state index is -2.68. The molecule has 0 heterocycles. The van der Waals surface area contributed by atoms with Gasteiger partial charge in [0.1, 0.15) is 0 Å². The first-order chi connectivity index (χ1) is 4.13. The lowest BCUT2D eigenvalue weighted by atomic mass is 10.6. The summed E-state index contributed by atoms with van der Waals surface area (Å²) in [6.45, 7) is 0. The molecule has 0 radical (unpaired) electrons. The standard InChI is InChI=1S/C3H4NO4P/c4-3(5)1-2-8-9(6)7/h1-2H,(H2-,4,5,6,7)/p+1. The summed E-state index contributed by atoms with van der Waals surface area (Å²) in [4.78, 5) is 17.8. The Bertz CT molecular complexity index is 154. The van der Waals surface area contributed by atoms with Gasteiger partial charge in [-0.3, -0.25) is 4.79 Å². The van der Waals surface area contributed by atoms with Crippen molar-refractivity contribution in [3.8, 4) is 0 Å². The van der Waals surface area contributed by atoms with Gasteiger partial charge in [0, 0.05) is 10.6 Å². The van der Waals surface area contributed by atoms with Crippen molar-refractivity contribution in [2.75, 3.05) is 0 Å². The topological polar surface area (TPSA) is 89.6 Å². The Kier molecular flexibility index (Phi) is 3.59. The fraction of sp³-hybridized carbons (Fsp3) is 0. The molecule has 0 aliphatic heterocycles. The summed E-state index contributed by atoms with van der Waals surface area (Å²) in [7, 11) is -2.68. The van der Waals surface area contributed by atoms with Crippen molar-refractivity contribution in [2.45, 2.75) is 0 Å². The molecule has 0 saturated carbocycles. The number of primary amides is 1. The second-order valence-electron chi connectivity index (χ2n) is 1.05. The van der Waals surface area contributed by atoms with Gasteiger partial charge in [0.15, 0.2) is 6.26 Å². The van der Waals surface area contributed by atoms with Crippen LogP contribution in [-0.2, 0) is 13.9 Å². The van der Waals surface area contributed by atoms with Crippen molar-refractivity contribution in [1.82, 2.24) is 0 Å². The van der Waals surface area contributed by atoms with Crippen molar-refractivity contribution in [2.24, 2.45) is 5.73 Å². The van der Waals surface area contributed by atoms with Crippen molar-refractivity contribution in [3.05, 3.63) is 12.3 Å². The molecule has 0 spiro atoms. The molecular weight excluding hydrogens is 145 g/mol. The highest BCUT2D eigenvalue weighted by atomic mass is 31.1. The van der Waals surface area contributed by atoms with Crippen LogP contribution in [0.2, 0.25) is 0 Å². The lowest BCUT2D eigenvalue weighted by molar-refractivity contribution is -0.113. The highest BCUT2D eigenvalue weighted by Crippen LogP contribution is 2.13. The average molecular weight is 150 g/mol. The Morgan fingerprint density at radius 3 is 2.67 bits per heavy atom. The van der Waals surface area contributed by atoms with Crippen LogP contribution in [0.25, 0.3) is 0 Å². The first kappa shape index (κ1) is 8.07. The van der Waals surface area contributed by atoms with Crippen LogP contribution >= 0.6 is 8.25 Å². The fourth-order valence-corrected chi connectivity index (χ4v) is 0.315. The van der Waals surface area contributed by atoms with Crippen LogP contribution in [0.15, 0.2) is 12.3 Å². The van der Waals surface area contributed by atoms with Gasteiger partial charge in [0.25, 0.3) is 0 Å². The van der Waals surface area contributed by atoms with E-state index >= 15 is 0 Å². The molecule has 0 aromatic heterocycles. The summed E-state index contributed by atoms with van der Waals surface area (Å²) in [5.41, 5.74) is 4.60. The molecular formula is C3H5NO4P+. The zero-order valence-electron chi connectivity index (χ0n) is 4.35. The van der Waals surface area contributed by atoms with E-state index in [1.165, 1.54) is 0 Å². The number of hydrogen-bond acceptors (Lipinski definition) is 3. The van der Waals surface area contributed by atoms with Crippen molar-refractivity contribution < 1.29 is 18.8 Å². The van der Waals surface area contributed by atoms with E-state index in [0.29, 0.717) is 0 Å². The summed E-state index contributed by atoms with van der Waals surface area (Å²) in [5.74, 6) is -0.730. The molecule has 0 aromatic carbocycles. The van der Waals surface area contributed by atoms with Gasteiger partial charge in [-0.25, -0.2) is 4.52 Å². The summed E-state index contributed by atoms with van der Waals surface area (Å²) in [6.07, 6.45) is 1.60. The lowest BCUT2D eigenvalue weighted by Crippen LogP contribution is -2.05. The number of carbonyl (C=O) groups excluding carboxylic acids is 1. The maximum absolute atomic E-state index is 9.86. The Labute approximate surface area is 52.1 Å². The van der Waals surface area contributed by atoms with E-state index in [1.807, 2.05) is 0 Å². The van der Waals surface area contributed by atoms with Gasteiger partial charge < -0.3 is 5.73 Å². The van der Waals surface area contributed by atoms with Gasteiger partial charge in [0.05, 0.1) is 0 Å². The van der Waals surface area contributed by atoms with Gasteiger partial charge >= 0.3 is 8.25 Å². The molecule has 1 amide bonds. The van der Waals surface area contributed by atoms with E-state index in [1.54, 1.807) is 0 Å². The van der Waals surface area contributed by atoms with Gasteiger partial charge in [0.2, 0.25) is 5.91 Å². The van der Waals surface area contributed by atoms with Crippen LogP contribution in [-0.4, -0.2) is 10.8 Å². The normalized spacial score (nSPS) is 11.4. The minimum absolute atomic E-state index is 0.730. The van der Waals surface area contributed by atoms with Gasteiger partial charge in [-0.2, -0.15) is 0 Å². The van der Waals surface area contributed by atoms with Gasteiger partial charge in [-0.1, -0.05) is 0 Å². The molecule has 1 atom stereocenters. The molecule has 50 valence electrons. The predicted molar refractivity (Wildman–Crippen MR) is 29.2 cm³/mol. The molecule has 6 heteroatoms. The monoisotopic (exact) mass is 150 g/mol. The van der Waals surface area contributed by atoms with E-state index in [9.17, 15) is 9.36 Å². The molecule has 3 N–H and O–H groups in total. The molecule has 0 aromatic rings. The highest BCUT2D eigenvalue weighted by Gasteiger charge is 2.07. The van der Waals surface area contributed by atoms with E-state index in [-0.39, 0.29) is 0 Å². The van der Waals surface area contributed by atoms with E-state index < -0.39 is 14.2 Å². The summed E-state index contributed by atoms with van der Waals surface area (Å²) in [6, 6.07) is 0. The van der Waals surface area contributed by atoms with Crippen molar-refractivity contribution in [3.63, 3.8) is 0 Å². The van der Waals surface area contributed by atoms with Gasteiger partial charge in [-0.05, 0) is 0 Å². The van der Waals surface area contributed by atoms with Gasteiger partial charge in [-0.15, -0.1) is 4.89 Å². The second-order valence-corrected chi connectivity index (χ2v) is 1.73. The Morgan fingerprint density at radius 2 is 2.33 bits per heavy atom. The molecule has 0 aliphatic rings. The molecule has 0 saturated heterocycles.